The summed E-state index contributed by atoms with van der Waals surface area (Å²) in [5, 5.41) is 18.6. The molecule has 2 N–H and O–H groups in total. The van der Waals surface area contributed by atoms with E-state index in [4.69, 9.17) is 9.84 Å². The maximum absolute atomic E-state index is 10.5. The Morgan fingerprint density at radius 1 is 0.897 bits per heavy atom. The van der Waals surface area contributed by atoms with Crippen LogP contribution < -0.4 is 0 Å². The molecule has 0 aromatic heterocycles. The number of rotatable bonds is 19. The van der Waals surface area contributed by atoms with Crippen LogP contribution in [-0.2, 0) is 16.1 Å². The van der Waals surface area contributed by atoms with Gasteiger partial charge in [-0.1, -0.05) is 95.0 Å². The third-order valence-corrected chi connectivity index (χ3v) is 5.50. The van der Waals surface area contributed by atoms with Gasteiger partial charge < -0.3 is 14.9 Å². The van der Waals surface area contributed by atoms with Crippen LogP contribution in [0.4, 0.5) is 0 Å². The first-order valence-corrected chi connectivity index (χ1v) is 11.7. The Bertz CT molecular complexity index is 503. The molecule has 1 rings (SSSR count). The van der Waals surface area contributed by atoms with Crippen LogP contribution in [0.25, 0.3) is 0 Å². The van der Waals surface area contributed by atoms with E-state index in [1.807, 2.05) is 25.1 Å². The predicted molar refractivity (Wildman–Crippen MR) is 119 cm³/mol. The molecule has 0 aliphatic heterocycles. The quantitative estimate of drug-likeness (QED) is 0.257. The molecular formula is C25H42O4. The SMILES string of the molecule is CCC(O)CC(CCCCCCCCCCCCC(=O)O)OCc1ccccc1. The lowest BCUT2D eigenvalue weighted by Crippen LogP contribution is -2.20. The Morgan fingerprint density at radius 3 is 2.00 bits per heavy atom. The second-order valence-corrected chi connectivity index (χ2v) is 8.18. The van der Waals surface area contributed by atoms with Crippen molar-refractivity contribution in [2.24, 2.45) is 0 Å². The fourth-order valence-electron chi connectivity index (χ4n) is 3.59. The number of benzene rings is 1. The lowest BCUT2D eigenvalue weighted by atomic mass is 10.0. The number of ether oxygens (including phenoxy) is 1. The van der Waals surface area contributed by atoms with E-state index in [0.29, 0.717) is 13.0 Å². The van der Waals surface area contributed by atoms with Crippen LogP contribution in [0.1, 0.15) is 102 Å². The summed E-state index contributed by atoms with van der Waals surface area (Å²) in [5.74, 6) is -0.679. The summed E-state index contributed by atoms with van der Waals surface area (Å²) in [4.78, 5) is 10.5. The van der Waals surface area contributed by atoms with Gasteiger partial charge >= 0.3 is 5.97 Å². The third kappa shape index (κ3) is 15.2. The van der Waals surface area contributed by atoms with E-state index in [-0.39, 0.29) is 12.2 Å². The average molecular weight is 407 g/mol. The van der Waals surface area contributed by atoms with E-state index < -0.39 is 5.97 Å². The van der Waals surface area contributed by atoms with Crippen molar-refractivity contribution in [3.05, 3.63) is 35.9 Å². The van der Waals surface area contributed by atoms with E-state index in [1.54, 1.807) is 0 Å². The highest BCUT2D eigenvalue weighted by Crippen LogP contribution is 2.18. The van der Waals surface area contributed by atoms with Crippen LogP contribution in [0, 0.1) is 0 Å². The predicted octanol–water partition coefficient (Wildman–Crippen LogP) is 6.50. The summed E-state index contributed by atoms with van der Waals surface area (Å²) in [6.45, 7) is 2.64. The number of hydrogen-bond acceptors (Lipinski definition) is 3. The second-order valence-electron chi connectivity index (χ2n) is 8.18. The van der Waals surface area contributed by atoms with Gasteiger partial charge in [-0.15, -0.1) is 0 Å². The normalized spacial score (nSPS) is 13.3. The van der Waals surface area contributed by atoms with Crippen molar-refractivity contribution in [3.63, 3.8) is 0 Å². The summed E-state index contributed by atoms with van der Waals surface area (Å²) < 4.78 is 6.11. The van der Waals surface area contributed by atoms with Gasteiger partial charge in [0.1, 0.15) is 0 Å². The molecule has 29 heavy (non-hydrogen) atoms. The van der Waals surface area contributed by atoms with Gasteiger partial charge in [-0.2, -0.15) is 0 Å². The van der Waals surface area contributed by atoms with Crippen LogP contribution in [-0.4, -0.2) is 28.4 Å². The number of carbonyl (C=O) groups is 1. The van der Waals surface area contributed by atoms with Gasteiger partial charge in [0.2, 0.25) is 0 Å². The maximum Gasteiger partial charge on any atom is 0.303 e. The van der Waals surface area contributed by atoms with Crippen molar-refractivity contribution in [2.45, 2.75) is 116 Å². The largest absolute Gasteiger partial charge is 0.481 e. The number of aliphatic hydroxyl groups excluding tert-OH is 1. The van der Waals surface area contributed by atoms with E-state index in [0.717, 1.165) is 44.9 Å². The molecule has 0 fully saturated rings. The molecule has 0 saturated carbocycles. The van der Waals surface area contributed by atoms with Crippen LogP contribution in [0.15, 0.2) is 30.3 Å². The molecule has 2 atom stereocenters. The van der Waals surface area contributed by atoms with E-state index in [1.165, 1.54) is 44.1 Å². The zero-order valence-electron chi connectivity index (χ0n) is 18.4. The molecule has 0 bridgehead atoms. The van der Waals surface area contributed by atoms with Gasteiger partial charge in [-0.25, -0.2) is 0 Å². The van der Waals surface area contributed by atoms with Gasteiger partial charge in [0.25, 0.3) is 0 Å². The first kappa shape index (κ1) is 25.6. The second kappa shape index (κ2) is 17.5. The highest BCUT2D eigenvalue weighted by Gasteiger charge is 2.14. The molecule has 0 amide bonds. The first-order chi connectivity index (χ1) is 14.1. The molecule has 2 unspecified atom stereocenters. The van der Waals surface area contributed by atoms with Crippen LogP contribution in [0.2, 0.25) is 0 Å². The lowest BCUT2D eigenvalue weighted by molar-refractivity contribution is -0.137. The van der Waals surface area contributed by atoms with E-state index in [9.17, 15) is 9.90 Å². The summed E-state index contributed by atoms with van der Waals surface area (Å²) in [5.41, 5.74) is 1.19. The number of unbranched alkanes of at least 4 members (excludes halogenated alkanes) is 9. The minimum absolute atomic E-state index is 0.135. The molecule has 0 spiro atoms. The van der Waals surface area contributed by atoms with Crippen LogP contribution in [0.5, 0.6) is 0 Å². The van der Waals surface area contributed by atoms with Crippen molar-refractivity contribution >= 4 is 5.97 Å². The molecule has 0 heterocycles. The van der Waals surface area contributed by atoms with Gasteiger partial charge in [0, 0.05) is 6.42 Å². The molecule has 1 aromatic carbocycles. The summed E-state index contributed by atoms with van der Waals surface area (Å²) in [6.07, 6.45) is 14.4. The highest BCUT2D eigenvalue weighted by atomic mass is 16.5. The highest BCUT2D eigenvalue weighted by molar-refractivity contribution is 5.66. The summed E-state index contributed by atoms with van der Waals surface area (Å²) in [6, 6.07) is 10.2. The topological polar surface area (TPSA) is 66.8 Å². The molecule has 1 aromatic rings. The fraction of sp³-hybridized carbons (Fsp3) is 0.720. The molecule has 0 saturated heterocycles. The zero-order chi connectivity index (χ0) is 21.2. The number of aliphatic hydroxyl groups is 1. The van der Waals surface area contributed by atoms with Crippen molar-refractivity contribution < 1.29 is 19.7 Å². The van der Waals surface area contributed by atoms with Crippen molar-refractivity contribution in [1.29, 1.82) is 0 Å². The monoisotopic (exact) mass is 406 g/mol. The Hall–Kier alpha value is -1.39. The average Bonchev–Trinajstić information content (AvgIpc) is 2.72. The van der Waals surface area contributed by atoms with Crippen molar-refractivity contribution in [2.75, 3.05) is 0 Å². The fourth-order valence-corrected chi connectivity index (χ4v) is 3.59. The van der Waals surface area contributed by atoms with Gasteiger partial charge in [0.15, 0.2) is 0 Å². The van der Waals surface area contributed by atoms with Crippen molar-refractivity contribution in [3.8, 4) is 0 Å². The minimum Gasteiger partial charge on any atom is -0.481 e. The van der Waals surface area contributed by atoms with Gasteiger partial charge in [-0.05, 0) is 31.2 Å². The summed E-state index contributed by atoms with van der Waals surface area (Å²) >= 11 is 0. The molecule has 0 aliphatic rings. The summed E-state index contributed by atoms with van der Waals surface area (Å²) in [7, 11) is 0. The number of hydrogen-bond donors (Lipinski definition) is 2. The van der Waals surface area contributed by atoms with Crippen LogP contribution >= 0.6 is 0 Å². The van der Waals surface area contributed by atoms with E-state index in [2.05, 4.69) is 12.1 Å². The number of carboxylic acids is 1. The smallest absolute Gasteiger partial charge is 0.303 e. The molecule has 4 heteroatoms. The lowest BCUT2D eigenvalue weighted by Gasteiger charge is -2.20. The third-order valence-electron chi connectivity index (χ3n) is 5.50. The zero-order valence-corrected chi connectivity index (χ0v) is 18.4. The van der Waals surface area contributed by atoms with Crippen LogP contribution in [0.3, 0.4) is 0 Å². The number of aliphatic carboxylic acids is 1. The first-order valence-electron chi connectivity index (χ1n) is 11.7. The van der Waals surface area contributed by atoms with Crippen molar-refractivity contribution in [1.82, 2.24) is 0 Å². The van der Waals surface area contributed by atoms with Gasteiger partial charge in [-0.3, -0.25) is 4.79 Å². The Labute approximate surface area is 177 Å². The molecule has 0 aliphatic carbocycles. The molecule has 0 radical (unpaired) electrons. The van der Waals surface area contributed by atoms with E-state index >= 15 is 0 Å². The maximum atomic E-state index is 10.5. The molecule has 4 nitrogen and oxygen atoms in total. The Morgan fingerprint density at radius 2 is 1.45 bits per heavy atom. The standard InChI is InChI=1S/C25H42O4/c1-2-23(26)20-24(29-21-22-16-12-11-13-17-22)18-14-9-7-5-3-4-6-8-10-15-19-25(27)28/h11-13,16-17,23-24,26H,2-10,14-15,18-21H2,1H3,(H,27,28). The minimum atomic E-state index is -0.679. The van der Waals surface area contributed by atoms with Gasteiger partial charge in [0.05, 0.1) is 18.8 Å². The Balaban J connectivity index is 2.06. The Kier molecular flexibility index (Phi) is 15.4. The number of carboxylic acid groups (broad SMARTS) is 1. The molecular weight excluding hydrogens is 364 g/mol. The molecule has 166 valence electrons.